The van der Waals surface area contributed by atoms with Crippen LogP contribution in [0.2, 0.25) is 0 Å². The minimum Gasteiger partial charge on any atom is -0.508 e. The van der Waals surface area contributed by atoms with E-state index in [1.165, 1.54) is 0 Å². The Morgan fingerprint density at radius 1 is 1.78 bits per heavy atom. The van der Waals surface area contributed by atoms with E-state index in [9.17, 15) is 4.79 Å². The molecule has 0 bridgehead atoms. The molecule has 2 nitrogen and oxygen atoms in total. The molecule has 0 aromatic rings. The van der Waals surface area contributed by atoms with E-state index in [2.05, 4.69) is 12.4 Å². The van der Waals surface area contributed by atoms with Gasteiger partial charge in [-0.2, -0.15) is 0 Å². The van der Waals surface area contributed by atoms with Crippen molar-refractivity contribution in [1.82, 2.24) is 5.32 Å². The van der Waals surface area contributed by atoms with Crippen molar-refractivity contribution >= 4 is 5.91 Å². The molecule has 1 N–H and O–H groups in total. The van der Waals surface area contributed by atoms with Crippen molar-refractivity contribution in [3.05, 3.63) is 7.05 Å². The Morgan fingerprint density at radius 2 is 2.22 bits per heavy atom. The van der Waals surface area contributed by atoms with Crippen LogP contribution in [0.5, 0.6) is 0 Å². The van der Waals surface area contributed by atoms with Crippen LogP contribution in [-0.2, 0) is 25.9 Å². The summed E-state index contributed by atoms with van der Waals surface area (Å²) in [5.74, 6) is 0.125. The van der Waals surface area contributed by atoms with E-state index in [4.69, 9.17) is 0 Å². The van der Waals surface area contributed by atoms with Gasteiger partial charge in [0.15, 0.2) is 5.91 Å². The molecule has 3 heteroatoms. The molecule has 0 aliphatic rings. The standard InChI is InChI=1S/C6H12NO.W/c1-4-5(2)6(8)7-3;/h5H,3-4H2,1-2H3,(H,7,8);/q-1;. The summed E-state index contributed by atoms with van der Waals surface area (Å²) in [7, 11) is 3.26. The van der Waals surface area contributed by atoms with E-state index in [0.717, 1.165) is 6.42 Å². The van der Waals surface area contributed by atoms with Gasteiger partial charge in [0.05, 0.1) is 0 Å². The molecule has 0 saturated heterocycles. The molecule has 0 fully saturated rings. The molecule has 0 radical (unpaired) electrons. The summed E-state index contributed by atoms with van der Waals surface area (Å²) >= 11 is 0. The number of nitrogens with one attached hydrogen (secondary N) is 1. The zero-order valence-corrected chi connectivity index (χ0v) is 8.74. The van der Waals surface area contributed by atoms with Crippen molar-refractivity contribution < 1.29 is 25.9 Å². The van der Waals surface area contributed by atoms with Crippen molar-refractivity contribution in [2.75, 3.05) is 0 Å². The summed E-state index contributed by atoms with van der Waals surface area (Å²) in [5.41, 5.74) is 0. The molecule has 0 aliphatic heterocycles. The fourth-order valence-corrected chi connectivity index (χ4v) is 0.360. The van der Waals surface area contributed by atoms with Gasteiger partial charge < -0.3 is 5.32 Å². The van der Waals surface area contributed by atoms with Gasteiger partial charge in [-0.05, 0) is 6.42 Å². The Bertz CT molecular complexity index is 85.1. The van der Waals surface area contributed by atoms with Gasteiger partial charge in [-0.3, -0.25) is 11.8 Å². The second kappa shape index (κ2) is 6.28. The van der Waals surface area contributed by atoms with Gasteiger partial charge in [0.2, 0.25) is 0 Å². The van der Waals surface area contributed by atoms with E-state index >= 15 is 0 Å². The van der Waals surface area contributed by atoms with Crippen LogP contribution in [-0.4, -0.2) is 5.91 Å². The number of hydrogen-bond acceptors (Lipinski definition) is 1. The fourth-order valence-electron chi connectivity index (χ4n) is 0.360. The maximum absolute atomic E-state index is 10.6. The third-order valence-corrected chi connectivity index (χ3v) is 1.23. The zero-order chi connectivity index (χ0) is 6.57. The summed E-state index contributed by atoms with van der Waals surface area (Å²) in [6, 6.07) is 0. The minimum absolute atomic E-state index is 0. The molecule has 0 aliphatic carbocycles. The van der Waals surface area contributed by atoms with Crippen LogP contribution in [0, 0.1) is 13.0 Å². The second-order valence-corrected chi connectivity index (χ2v) is 1.85. The number of amides is 1. The van der Waals surface area contributed by atoms with Gasteiger partial charge >= 0.3 is 0 Å². The van der Waals surface area contributed by atoms with Gasteiger partial charge in [-0.25, -0.2) is 0 Å². The monoisotopic (exact) mass is 298 g/mol. The predicted octanol–water partition coefficient (Wildman–Crippen LogP) is 0.938. The molecule has 1 unspecified atom stereocenters. The van der Waals surface area contributed by atoms with Crippen molar-refractivity contribution in [2.45, 2.75) is 20.3 Å². The van der Waals surface area contributed by atoms with Crippen molar-refractivity contribution in [3.63, 3.8) is 0 Å². The van der Waals surface area contributed by atoms with Crippen molar-refractivity contribution in [3.8, 4) is 0 Å². The summed E-state index contributed by atoms with van der Waals surface area (Å²) in [4.78, 5) is 10.6. The third-order valence-electron chi connectivity index (χ3n) is 1.23. The van der Waals surface area contributed by atoms with E-state index in [-0.39, 0.29) is 32.9 Å². The first kappa shape index (κ1) is 11.9. The molecule has 0 aromatic heterocycles. The minimum atomic E-state index is 0. The Labute approximate surface area is 70.7 Å². The number of hydrogen-bond donors (Lipinski definition) is 1. The topological polar surface area (TPSA) is 29.1 Å². The molecule has 1 amide bonds. The van der Waals surface area contributed by atoms with Crippen LogP contribution in [0.15, 0.2) is 0 Å². The summed E-state index contributed by atoms with van der Waals surface area (Å²) in [6.07, 6.45) is 0.876. The number of rotatable bonds is 2. The summed E-state index contributed by atoms with van der Waals surface area (Å²) in [6.45, 7) is 3.85. The molecular weight excluding hydrogens is 286 g/mol. The normalized spacial score (nSPS) is 11.4. The summed E-state index contributed by atoms with van der Waals surface area (Å²) < 4.78 is 0. The average Bonchev–Trinajstić information content (AvgIpc) is 1.84. The van der Waals surface area contributed by atoms with Crippen molar-refractivity contribution in [2.24, 2.45) is 5.92 Å². The third kappa shape index (κ3) is 4.65. The van der Waals surface area contributed by atoms with E-state index in [1.54, 1.807) is 0 Å². The van der Waals surface area contributed by atoms with Crippen molar-refractivity contribution in [1.29, 1.82) is 0 Å². The molecule has 9 heavy (non-hydrogen) atoms. The number of carbonyl (C=O) groups excluding carboxylic acids is 1. The maximum atomic E-state index is 10.6. The predicted molar refractivity (Wildman–Crippen MR) is 33.0 cm³/mol. The van der Waals surface area contributed by atoms with Gasteiger partial charge in [-0.15, -0.1) is 0 Å². The number of carbonyl (C=O) groups is 1. The average molecular weight is 298 g/mol. The molecular formula is C6H12NOW-. The Hall–Kier alpha value is 0.158. The molecule has 0 aromatic carbocycles. The largest absolute Gasteiger partial charge is 0.508 e. The van der Waals surface area contributed by atoms with Gasteiger partial charge in [0.1, 0.15) is 0 Å². The quantitative estimate of drug-likeness (QED) is 0.755. The molecule has 1 atom stereocenters. The fraction of sp³-hybridized carbons (Fsp3) is 0.667. The molecule has 0 heterocycles. The Balaban J connectivity index is 0. The first-order valence-electron chi connectivity index (χ1n) is 2.79. The molecule has 0 saturated carbocycles. The van der Waals surface area contributed by atoms with Gasteiger partial charge in [0, 0.05) is 27.0 Å². The first-order valence-corrected chi connectivity index (χ1v) is 2.79. The van der Waals surface area contributed by atoms with Crippen LogP contribution in [0.25, 0.3) is 0 Å². The van der Waals surface area contributed by atoms with Crippen LogP contribution in [0.1, 0.15) is 20.3 Å². The zero-order valence-electron chi connectivity index (χ0n) is 5.81. The van der Waals surface area contributed by atoms with Gasteiger partial charge in [0.25, 0.3) is 0 Å². The second-order valence-electron chi connectivity index (χ2n) is 1.85. The van der Waals surface area contributed by atoms with E-state index in [0.29, 0.717) is 0 Å². The smallest absolute Gasteiger partial charge is 0.193 e. The van der Waals surface area contributed by atoms with Gasteiger partial charge in [-0.1, -0.05) is 13.8 Å². The van der Waals surface area contributed by atoms with Crippen LogP contribution in [0.4, 0.5) is 0 Å². The van der Waals surface area contributed by atoms with Crippen LogP contribution >= 0.6 is 0 Å². The van der Waals surface area contributed by atoms with E-state index in [1.807, 2.05) is 13.8 Å². The Kier molecular flexibility index (Phi) is 8.30. The molecule has 0 rings (SSSR count). The maximum Gasteiger partial charge on any atom is 0.193 e. The molecule has 54 valence electrons. The molecule has 0 spiro atoms. The van der Waals surface area contributed by atoms with Crippen LogP contribution in [0.3, 0.4) is 0 Å². The van der Waals surface area contributed by atoms with Crippen LogP contribution < -0.4 is 5.32 Å². The first-order chi connectivity index (χ1) is 3.72. The summed E-state index contributed by atoms with van der Waals surface area (Å²) in [5, 5.41) is 2.33. The van der Waals surface area contributed by atoms with E-state index < -0.39 is 0 Å². The Morgan fingerprint density at radius 3 is 2.33 bits per heavy atom. The SMILES string of the molecule is [CH2-]NC(=O)C(C)CC.[W].